The molecule has 8 heavy (non-hydrogen) atoms. The molecule has 0 saturated heterocycles. The van der Waals surface area contributed by atoms with Crippen LogP contribution in [0.4, 0.5) is 9.05 Å². The molecule has 0 bridgehead atoms. The Morgan fingerprint density at radius 1 is 1.38 bits per heavy atom. The van der Waals surface area contributed by atoms with Crippen molar-refractivity contribution in [1.82, 2.24) is 0 Å². The third-order valence-electron chi connectivity index (χ3n) is 0.274. The quantitative estimate of drug-likeness (QED) is 0.334. The maximum Gasteiger partial charge on any atom is 0.731 e. The summed E-state index contributed by atoms with van der Waals surface area (Å²) in [5.41, 5.74) is 0. The van der Waals surface area contributed by atoms with Gasteiger partial charge in [-0.25, -0.2) is 4.81 Å². The smallest absolute Gasteiger partial charge is 0.262 e. The summed E-state index contributed by atoms with van der Waals surface area (Å²) in [6.45, 7) is 0. The van der Waals surface area contributed by atoms with Crippen LogP contribution in [0.25, 0.3) is 0 Å². The molecule has 0 aromatic carbocycles. The summed E-state index contributed by atoms with van der Waals surface area (Å²) in [5, 5.41) is 9.76. The fourth-order valence-corrected chi connectivity index (χ4v) is 0.0784. The van der Waals surface area contributed by atoms with Gasteiger partial charge in [0.2, 0.25) is 0 Å². The van der Waals surface area contributed by atoms with Gasteiger partial charge in [0.1, 0.15) is 0 Å². The highest BCUT2D eigenvalue weighted by Gasteiger charge is 2.25. The topological polar surface area (TPSA) is 57.2 Å². The van der Waals surface area contributed by atoms with Crippen LogP contribution in [0.1, 0.15) is 0 Å². The second-order valence-electron chi connectivity index (χ2n) is 0.642. The third-order valence-corrected chi connectivity index (χ3v) is 0.274. The van der Waals surface area contributed by atoms with E-state index in [2.05, 4.69) is 19.6 Å². The molecule has 0 heterocycles. The average molecular weight is 130 g/mol. The zero-order valence-corrected chi connectivity index (χ0v) is 3.41. The molecule has 5 nitrogen and oxygen atoms in total. The van der Waals surface area contributed by atoms with Gasteiger partial charge in [-0.15, -0.1) is 0 Å². The summed E-state index contributed by atoms with van der Waals surface area (Å²) < 4.78 is 21.1. The Hall–Kier alpha value is -0.275. The van der Waals surface area contributed by atoms with Crippen molar-refractivity contribution in [2.75, 3.05) is 0 Å². The van der Waals surface area contributed by atoms with Gasteiger partial charge in [0.25, 0.3) is 0 Å². The fourth-order valence-electron chi connectivity index (χ4n) is 0.0784. The van der Waals surface area contributed by atoms with Crippen LogP contribution in [0.15, 0.2) is 0 Å². The van der Waals surface area contributed by atoms with E-state index in [4.69, 9.17) is 5.26 Å². The maximum absolute atomic E-state index is 10.7. The van der Waals surface area contributed by atoms with Crippen molar-refractivity contribution >= 4 is 7.32 Å². The molecule has 0 aliphatic rings. The highest BCUT2D eigenvalue weighted by atomic mass is 19.3. The fraction of sp³-hybridized carbons (Fsp3) is 0. The van der Waals surface area contributed by atoms with E-state index >= 15 is 0 Å². The lowest BCUT2D eigenvalue weighted by Crippen LogP contribution is -2.21. The SMILES string of the molecule is OOB(OF)OOF. The van der Waals surface area contributed by atoms with E-state index < -0.39 is 7.32 Å². The van der Waals surface area contributed by atoms with Crippen molar-refractivity contribution in [1.29, 1.82) is 0 Å². The van der Waals surface area contributed by atoms with E-state index in [0.717, 1.165) is 0 Å². The maximum atomic E-state index is 10.7. The predicted molar refractivity (Wildman–Crippen MR) is 14.9 cm³/mol. The summed E-state index contributed by atoms with van der Waals surface area (Å²) in [6, 6.07) is 0. The Bertz CT molecular complexity index is 45.7. The van der Waals surface area contributed by atoms with Crippen molar-refractivity contribution in [3.8, 4) is 0 Å². The molecule has 0 unspecified atom stereocenters. The molecule has 0 aliphatic carbocycles. The molecule has 8 heteroatoms. The highest BCUT2D eigenvalue weighted by molar-refractivity contribution is 6.35. The van der Waals surface area contributed by atoms with Gasteiger partial charge < -0.3 is 0 Å². The zero-order chi connectivity index (χ0) is 6.41. The summed E-state index contributed by atoms with van der Waals surface area (Å²) >= 11 is 0. The van der Waals surface area contributed by atoms with Gasteiger partial charge in [0.05, 0.1) is 0 Å². The van der Waals surface area contributed by atoms with Crippen LogP contribution in [0.2, 0.25) is 0 Å². The summed E-state index contributed by atoms with van der Waals surface area (Å²) in [5.74, 6) is 0. The van der Waals surface area contributed by atoms with Crippen LogP contribution in [-0.2, 0) is 19.6 Å². The minimum atomic E-state index is -2.21. The Labute approximate surface area is 42.5 Å². The van der Waals surface area contributed by atoms with E-state index in [1.54, 1.807) is 0 Å². The Morgan fingerprint density at radius 2 is 2.00 bits per heavy atom. The lowest BCUT2D eigenvalue weighted by atomic mass is 10.3. The van der Waals surface area contributed by atoms with E-state index in [9.17, 15) is 9.05 Å². The van der Waals surface area contributed by atoms with Gasteiger partial charge in [-0.05, 0) is 9.62 Å². The third kappa shape index (κ3) is 2.83. The molecule has 0 aliphatic heterocycles. The van der Waals surface area contributed by atoms with Crippen LogP contribution in [0.3, 0.4) is 0 Å². The second-order valence-corrected chi connectivity index (χ2v) is 0.642. The zero-order valence-electron chi connectivity index (χ0n) is 3.41. The summed E-state index contributed by atoms with van der Waals surface area (Å²) in [4.78, 5) is 8.64. The molecule has 0 radical (unpaired) electrons. The number of halogens is 2. The predicted octanol–water partition coefficient (Wildman–Crippen LogP) is 0.195. The van der Waals surface area contributed by atoms with Gasteiger partial charge in [-0.1, -0.05) is 4.53 Å². The molecule has 0 atom stereocenters. The molecule has 0 aromatic heterocycles. The van der Waals surface area contributed by atoms with Crippen LogP contribution in [0, 0.1) is 0 Å². The Morgan fingerprint density at radius 3 is 2.12 bits per heavy atom. The lowest BCUT2D eigenvalue weighted by molar-refractivity contribution is -0.405. The summed E-state index contributed by atoms with van der Waals surface area (Å²) in [6.07, 6.45) is 0. The van der Waals surface area contributed by atoms with Crippen LogP contribution in [-0.4, -0.2) is 12.6 Å². The van der Waals surface area contributed by atoms with Crippen molar-refractivity contribution in [3.05, 3.63) is 0 Å². The molecule has 0 amide bonds. The van der Waals surface area contributed by atoms with Gasteiger partial charge in [-0.2, -0.15) is 9.66 Å². The second kappa shape index (κ2) is 4.87. The van der Waals surface area contributed by atoms with Gasteiger partial charge >= 0.3 is 7.32 Å². The molecule has 0 saturated carbocycles. The minimum Gasteiger partial charge on any atom is -0.262 e. The molecular weight excluding hydrogens is 129 g/mol. The molecule has 0 aromatic rings. The van der Waals surface area contributed by atoms with E-state index in [1.807, 2.05) is 0 Å². The van der Waals surface area contributed by atoms with Crippen molar-refractivity contribution in [2.45, 2.75) is 0 Å². The summed E-state index contributed by atoms with van der Waals surface area (Å²) in [7, 11) is -2.21. The van der Waals surface area contributed by atoms with E-state index in [-0.39, 0.29) is 0 Å². The lowest BCUT2D eigenvalue weighted by Gasteiger charge is -1.94. The van der Waals surface area contributed by atoms with Crippen LogP contribution in [0.5, 0.6) is 0 Å². The Kier molecular flexibility index (Phi) is 4.71. The molecule has 0 fully saturated rings. The van der Waals surface area contributed by atoms with Crippen LogP contribution >= 0.6 is 0 Å². The largest absolute Gasteiger partial charge is 0.731 e. The first-order valence-corrected chi connectivity index (χ1v) is 1.36. The molecular formula is HBF2O5. The normalized spacial score (nSPS) is 9.38. The van der Waals surface area contributed by atoms with Crippen LogP contribution < -0.4 is 0 Å². The van der Waals surface area contributed by atoms with Gasteiger partial charge in [-0.3, -0.25) is 5.26 Å². The monoisotopic (exact) mass is 130 g/mol. The molecule has 1 N–H and O–H groups in total. The number of hydrogen-bond acceptors (Lipinski definition) is 5. The standard InChI is InChI=1S/BF2HO5/c2-5-1(6-4)7-8-3/h4H. The first kappa shape index (κ1) is 7.72. The molecule has 48 valence electrons. The van der Waals surface area contributed by atoms with Crippen molar-refractivity contribution in [3.63, 3.8) is 0 Å². The molecule has 0 rings (SSSR count). The minimum absolute atomic E-state index is 2.21. The molecule has 0 spiro atoms. The van der Waals surface area contributed by atoms with Gasteiger partial charge in [0.15, 0.2) is 0 Å². The van der Waals surface area contributed by atoms with E-state index in [1.165, 1.54) is 0 Å². The highest BCUT2D eigenvalue weighted by Crippen LogP contribution is 1.90. The number of rotatable bonds is 4. The first-order chi connectivity index (χ1) is 3.85. The average Bonchev–Trinajstić information content (AvgIpc) is 1.83. The number of hydrogen-bond donors (Lipinski definition) is 1. The van der Waals surface area contributed by atoms with Gasteiger partial charge in [0, 0.05) is 0 Å². The first-order valence-electron chi connectivity index (χ1n) is 1.36. The van der Waals surface area contributed by atoms with E-state index in [0.29, 0.717) is 0 Å². The van der Waals surface area contributed by atoms with Crippen molar-refractivity contribution in [2.24, 2.45) is 0 Å². The van der Waals surface area contributed by atoms with Crippen molar-refractivity contribution < 1.29 is 33.9 Å². The Balaban J connectivity index is 3.07.